The van der Waals surface area contributed by atoms with E-state index in [1.54, 1.807) is 18.3 Å². The maximum absolute atomic E-state index is 11.0. The van der Waals surface area contributed by atoms with Gasteiger partial charge in [0.25, 0.3) is 0 Å². The van der Waals surface area contributed by atoms with E-state index in [0.29, 0.717) is 11.6 Å². The van der Waals surface area contributed by atoms with Gasteiger partial charge in [-0.05, 0) is 55.5 Å². The third-order valence-corrected chi connectivity index (χ3v) is 5.05. The van der Waals surface area contributed by atoms with E-state index in [0.717, 1.165) is 43.5 Å². The summed E-state index contributed by atoms with van der Waals surface area (Å²) in [5.74, 6) is 2.61. The lowest BCUT2D eigenvalue weighted by Gasteiger charge is -2.21. The van der Waals surface area contributed by atoms with Gasteiger partial charge in [-0.15, -0.1) is 0 Å². The number of hydrogen-bond donors (Lipinski definition) is 1. The third-order valence-electron chi connectivity index (χ3n) is 5.05. The molecule has 0 radical (unpaired) electrons. The summed E-state index contributed by atoms with van der Waals surface area (Å²) >= 11 is 0. The molecular formula is C21H26N6O2. The van der Waals surface area contributed by atoms with Gasteiger partial charge in [0.15, 0.2) is 5.82 Å². The monoisotopic (exact) mass is 394 g/mol. The van der Waals surface area contributed by atoms with Crippen molar-refractivity contribution in [2.75, 3.05) is 41.4 Å². The summed E-state index contributed by atoms with van der Waals surface area (Å²) in [4.78, 5) is 25.0. The minimum atomic E-state index is -0.334. The van der Waals surface area contributed by atoms with Crippen molar-refractivity contribution in [2.24, 2.45) is 5.10 Å². The van der Waals surface area contributed by atoms with Crippen molar-refractivity contribution in [3.05, 3.63) is 35.9 Å². The first-order valence-corrected chi connectivity index (χ1v) is 10.1. The van der Waals surface area contributed by atoms with Gasteiger partial charge in [0.2, 0.25) is 5.95 Å². The number of carbonyl (C=O) groups is 1. The average molecular weight is 394 g/mol. The molecule has 0 aliphatic carbocycles. The first-order valence-electron chi connectivity index (χ1n) is 10.1. The number of hydrogen-bond acceptors (Lipinski definition) is 8. The number of nitrogens with one attached hydrogen (secondary N) is 1. The largest absolute Gasteiger partial charge is 0.427 e. The van der Waals surface area contributed by atoms with Crippen LogP contribution in [-0.4, -0.2) is 48.3 Å². The molecule has 2 aromatic rings. The van der Waals surface area contributed by atoms with Gasteiger partial charge in [-0.1, -0.05) is 0 Å². The number of hydrazone groups is 1. The summed E-state index contributed by atoms with van der Waals surface area (Å²) in [7, 11) is 0. The van der Waals surface area contributed by atoms with Gasteiger partial charge in [-0.25, -0.2) is 0 Å². The van der Waals surface area contributed by atoms with Crippen LogP contribution in [0.4, 0.5) is 17.6 Å². The van der Waals surface area contributed by atoms with E-state index < -0.39 is 0 Å². The highest BCUT2D eigenvalue weighted by Gasteiger charge is 2.20. The van der Waals surface area contributed by atoms with E-state index >= 15 is 0 Å². The quantitative estimate of drug-likeness (QED) is 0.349. The molecule has 0 atom stereocenters. The van der Waals surface area contributed by atoms with Crippen molar-refractivity contribution in [3.8, 4) is 5.75 Å². The molecule has 8 nitrogen and oxygen atoms in total. The lowest BCUT2D eigenvalue weighted by atomic mass is 10.2. The zero-order valence-corrected chi connectivity index (χ0v) is 16.7. The molecule has 2 aliphatic rings. The molecular weight excluding hydrogens is 368 g/mol. The smallest absolute Gasteiger partial charge is 0.308 e. The molecule has 0 unspecified atom stereocenters. The maximum Gasteiger partial charge on any atom is 0.308 e. The number of ether oxygens (including phenoxy) is 1. The molecule has 0 bridgehead atoms. The lowest BCUT2D eigenvalue weighted by molar-refractivity contribution is -0.131. The van der Waals surface area contributed by atoms with Crippen LogP contribution in [0.5, 0.6) is 5.75 Å². The van der Waals surface area contributed by atoms with Crippen molar-refractivity contribution in [3.63, 3.8) is 0 Å². The Labute approximate surface area is 170 Å². The zero-order chi connectivity index (χ0) is 20.1. The van der Waals surface area contributed by atoms with Gasteiger partial charge in [0.05, 0.1) is 6.21 Å². The van der Waals surface area contributed by atoms with Crippen molar-refractivity contribution in [1.82, 2.24) is 9.97 Å². The highest BCUT2D eigenvalue weighted by molar-refractivity contribution is 5.80. The summed E-state index contributed by atoms with van der Waals surface area (Å²) in [5, 5.41) is 4.33. The summed E-state index contributed by atoms with van der Waals surface area (Å²) in [6.07, 6.45) is 6.48. The standard InChI is InChI=1S/C21H26N6O2/c1-16(28)29-18-8-6-17(7-9-18)15-22-25-19-14-20(26-10-2-3-11-26)24-21(23-19)27-12-4-5-13-27/h6-9,14-15H,2-5,10-13H2,1H3,(H,23,24,25). The second kappa shape index (κ2) is 8.89. The summed E-state index contributed by atoms with van der Waals surface area (Å²) in [6, 6.07) is 9.13. The van der Waals surface area contributed by atoms with E-state index in [1.165, 1.54) is 32.6 Å². The van der Waals surface area contributed by atoms with Crippen LogP contribution in [0.3, 0.4) is 0 Å². The molecule has 4 rings (SSSR count). The van der Waals surface area contributed by atoms with Crippen LogP contribution in [-0.2, 0) is 4.79 Å². The third kappa shape index (κ3) is 5.01. The van der Waals surface area contributed by atoms with Crippen LogP contribution in [0, 0.1) is 0 Å². The molecule has 1 aromatic heterocycles. The summed E-state index contributed by atoms with van der Waals surface area (Å²) in [6.45, 7) is 5.46. The fraction of sp³-hybridized carbons (Fsp3) is 0.429. The van der Waals surface area contributed by atoms with Gasteiger partial charge in [-0.3, -0.25) is 10.2 Å². The summed E-state index contributed by atoms with van der Waals surface area (Å²) < 4.78 is 5.04. The second-order valence-electron chi connectivity index (χ2n) is 7.33. The van der Waals surface area contributed by atoms with Crippen LogP contribution in [0.1, 0.15) is 38.2 Å². The molecule has 29 heavy (non-hydrogen) atoms. The first kappa shape index (κ1) is 19.2. The van der Waals surface area contributed by atoms with Crippen LogP contribution in [0.25, 0.3) is 0 Å². The number of carbonyl (C=O) groups excluding carboxylic acids is 1. The molecule has 0 spiro atoms. The van der Waals surface area contributed by atoms with E-state index in [1.807, 2.05) is 18.2 Å². The number of nitrogens with zero attached hydrogens (tertiary/aromatic N) is 5. The van der Waals surface area contributed by atoms with Crippen molar-refractivity contribution in [2.45, 2.75) is 32.6 Å². The van der Waals surface area contributed by atoms with Gasteiger partial charge in [0.1, 0.15) is 11.6 Å². The highest BCUT2D eigenvalue weighted by Crippen LogP contribution is 2.25. The van der Waals surface area contributed by atoms with Crippen molar-refractivity contribution < 1.29 is 9.53 Å². The Balaban J connectivity index is 1.48. The Morgan fingerprint density at radius 2 is 1.69 bits per heavy atom. The van der Waals surface area contributed by atoms with Gasteiger partial charge in [-0.2, -0.15) is 15.1 Å². The predicted octanol–water partition coefficient (Wildman–Crippen LogP) is 3.05. The topological polar surface area (TPSA) is 82.9 Å². The number of aromatic nitrogens is 2. The van der Waals surface area contributed by atoms with Crippen LogP contribution >= 0.6 is 0 Å². The van der Waals surface area contributed by atoms with Gasteiger partial charge < -0.3 is 14.5 Å². The van der Waals surface area contributed by atoms with E-state index in [4.69, 9.17) is 9.72 Å². The molecule has 1 N–H and O–H groups in total. The Kier molecular flexibility index (Phi) is 5.88. The Morgan fingerprint density at radius 1 is 1.03 bits per heavy atom. The fourth-order valence-corrected chi connectivity index (χ4v) is 3.61. The minimum absolute atomic E-state index is 0.334. The molecule has 2 aliphatic heterocycles. The fourth-order valence-electron chi connectivity index (χ4n) is 3.61. The molecule has 152 valence electrons. The zero-order valence-electron chi connectivity index (χ0n) is 16.7. The van der Waals surface area contributed by atoms with Crippen LogP contribution in [0.2, 0.25) is 0 Å². The molecule has 0 saturated carbocycles. The molecule has 2 fully saturated rings. The normalized spacial score (nSPS) is 16.6. The lowest BCUT2D eigenvalue weighted by Crippen LogP contribution is -2.24. The second-order valence-corrected chi connectivity index (χ2v) is 7.33. The van der Waals surface area contributed by atoms with E-state index in [-0.39, 0.29) is 5.97 Å². The SMILES string of the molecule is CC(=O)Oc1ccc(C=NNc2cc(N3CCCC3)nc(N3CCCC3)n2)cc1. The molecule has 2 saturated heterocycles. The van der Waals surface area contributed by atoms with Gasteiger partial charge >= 0.3 is 5.97 Å². The molecule has 0 amide bonds. The summed E-state index contributed by atoms with van der Waals surface area (Å²) in [5.41, 5.74) is 3.94. The maximum atomic E-state index is 11.0. The van der Waals surface area contributed by atoms with Crippen molar-refractivity contribution >= 4 is 29.8 Å². The Morgan fingerprint density at radius 3 is 2.34 bits per heavy atom. The number of anilines is 3. The number of rotatable bonds is 6. The first-order chi connectivity index (χ1) is 14.2. The minimum Gasteiger partial charge on any atom is -0.427 e. The average Bonchev–Trinajstić information content (AvgIpc) is 3.43. The molecule has 8 heteroatoms. The van der Waals surface area contributed by atoms with Gasteiger partial charge in [0, 0.05) is 39.2 Å². The predicted molar refractivity (Wildman–Crippen MR) is 114 cm³/mol. The van der Waals surface area contributed by atoms with Crippen LogP contribution in [0.15, 0.2) is 35.4 Å². The number of esters is 1. The van der Waals surface area contributed by atoms with E-state index in [9.17, 15) is 4.79 Å². The van der Waals surface area contributed by atoms with E-state index in [2.05, 4.69) is 25.3 Å². The van der Waals surface area contributed by atoms with Crippen molar-refractivity contribution in [1.29, 1.82) is 0 Å². The number of benzene rings is 1. The highest BCUT2D eigenvalue weighted by atomic mass is 16.5. The Hall–Kier alpha value is -3.16. The molecule has 1 aromatic carbocycles. The van der Waals surface area contributed by atoms with Crippen LogP contribution < -0.4 is 20.0 Å². The molecule has 3 heterocycles. The Bertz CT molecular complexity index is 837.